The largest absolute Gasteiger partial charge is 0.346 e. The van der Waals surface area contributed by atoms with Crippen LogP contribution < -0.4 is 21.3 Å². The Kier molecular flexibility index (Phi) is 9.90. The van der Waals surface area contributed by atoms with Gasteiger partial charge >= 0.3 is 6.03 Å². The van der Waals surface area contributed by atoms with Crippen molar-refractivity contribution in [3.8, 4) is 0 Å². The van der Waals surface area contributed by atoms with Gasteiger partial charge in [0.25, 0.3) is 5.91 Å². The van der Waals surface area contributed by atoms with Crippen molar-refractivity contribution in [2.45, 2.75) is 85.4 Å². The van der Waals surface area contributed by atoms with E-state index in [0.29, 0.717) is 38.8 Å². The summed E-state index contributed by atoms with van der Waals surface area (Å²) in [6.45, 7) is 16.6. The van der Waals surface area contributed by atoms with Gasteiger partial charge in [-0.05, 0) is 59.0 Å². The Balaban J connectivity index is 1.57. The van der Waals surface area contributed by atoms with Crippen LogP contribution in [0.2, 0.25) is 0 Å². The van der Waals surface area contributed by atoms with E-state index < -0.39 is 41.8 Å². The van der Waals surface area contributed by atoms with Crippen molar-refractivity contribution in [2.24, 2.45) is 28.6 Å². The number of carbonyl (C=O) groups is 5. The summed E-state index contributed by atoms with van der Waals surface area (Å²) >= 11 is 0. The SMILES string of the molecule is C=CCNC(=O)C(=O)C(CCC)NC(=O)[C@@H]1C2C(CN1C(=O)[C@@H](NC(=O)NCC(C)(C)C)C1Cc3ccccc3C1)C2(C)C. The number of likely N-dealkylation sites (tertiary alicyclic amines) is 1. The fourth-order valence-electron chi connectivity index (χ4n) is 6.96. The highest BCUT2D eigenvalue weighted by Gasteiger charge is 2.69. The first-order valence-corrected chi connectivity index (χ1v) is 15.8. The lowest BCUT2D eigenvalue weighted by atomic mass is 9.93. The summed E-state index contributed by atoms with van der Waals surface area (Å²) < 4.78 is 0. The van der Waals surface area contributed by atoms with Gasteiger partial charge in [-0.25, -0.2) is 4.79 Å². The van der Waals surface area contributed by atoms with Gasteiger partial charge in [0, 0.05) is 19.6 Å². The van der Waals surface area contributed by atoms with Gasteiger partial charge in [0.2, 0.25) is 17.6 Å². The number of fused-ring (bicyclic) bond motifs is 2. The third-order valence-electron chi connectivity index (χ3n) is 9.49. The molecule has 10 heteroatoms. The number of ketones is 1. The lowest BCUT2D eigenvalue weighted by Crippen LogP contribution is -2.60. The van der Waals surface area contributed by atoms with Crippen LogP contribution in [-0.2, 0) is 32.0 Å². The number of rotatable bonds is 12. The van der Waals surface area contributed by atoms with Gasteiger partial charge in [0.1, 0.15) is 12.1 Å². The molecule has 4 rings (SSSR count). The van der Waals surface area contributed by atoms with Gasteiger partial charge in [0.15, 0.2) is 0 Å². The Morgan fingerprint density at radius 3 is 2.25 bits per heavy atom. The second kappa shape index (κ2) is 13.1. The Labute approximate surface area is 261 Å². The van der Waals surface area contributed by atoms with E-state index in [4.69, 9.17) is 0 Å². The summed E-state index contributed by atoms with van der Waals surface area (Å²) in [5.74, 6) is -2.37. The molecule has 1 saturated carbocycles. The summed E-state index contributed by atoms with van der Waals surface area (Å²) in [7, 11) is 0. The zero-order chi connectivity index (χ0) is 32.4. The standard InChI is InChI=1S/C34H49N5O5/c1-8-12-24(28(40)30(42)35-15-9-2)37-29(41)27-25-23(34(25,6)7)18-39(27)31(43)26(38-32(44)36-19-33(3,4)5)22-16-20-13-10-11-14-21(20)17-22/h9-11,13-14,22-27H,2,8,12,15-19H2,1,3-7H3,(H,35,42)(H,37,41)(H2,36,38,44)/t23?,24?,25?,26-,27-/m0/s1. The summed E-state index contributed by atoms with van der Waals surface area (Å²) in [4.78, 5) is 68.6. The number of amides is 5. The molecule has 2 aliphatic carbocycles. The molecule has 4 N–H and O–H groups in total. The van der Waals surface area contributed by atoms with E-state index in [0.717, 1.165) is 11.1 Å². The maximum absolute atomic E-state index is 14.4. The lowest BCUT2D eigenvalue weighted by molar-refractivity contribution is -0.144. The molecule has 5 amide bonds. The van der Waals surface area contributed by atoms with Crippen LogP contribution in [0.15, 0.2) is 36.9 Å². The van der Waals surface area contributed by atoms with Crippen molar-refractivity contribution in [1.82, 2.24) is 26.2 Å². The molecular formula is C34H49N5O5. The first-order chi connectivity index (χ1) is 20.7. The number of urea groups is 1. The van der Waals surface area contributed by atoms with Crippen molar-refractivity contribution < 1.29 is 24.0 Å². The zero-order valence-corrected chi connectivity index (χ0v) is 27.0. The van der Waals surface area contributed by atoms with E-state index in [1.54, 1.807) is 4.90 Å². The summed E-state index contributed by atoms with van der Waals surface area (Å²) in [6.07, 6.45) is 3.63. The number of benzene rings is 1. The van der Waals surface area contributed by atoms with Crippen molar-refractivity contribution in [1.29, 1.82) is 0 Å². The highest BCUT2D eigenvalue weighted by Crippen LogP contribution is 2.65. The van der Waals surface area contributed by atoms with Gasteiger partial charge in [0.05, 0.1) is 6.04 Å². The molecule has 2 fully saturated rings. The summed E-state index contributed by atoms with van der Waals surface area (Å²) in [5, 5.41) is 11.2. The van der Waals surface area contributed by atoms with Gasteiger partial charge in [-0.15, -0.1) is 6.58 Å². The normalized spacial score (nSPS) is 23.0. The van der Waals surface area contributed by atoms with Crippen molar-refractivity contribution in [3.05, 3.63) is 48.0 Å². The van der Waals surface area contributed by atoms with Crippen LogP contribution in [0.3, 0.4) is 0 Å². The maximum atomic E-state index is 14.4. The van der Waals surface area contributed by atoms with E-state index in [2.05, 4.69) is 53.8 Å². The fourth-order valence-corrected chi connectivity index (χ4v) is 6.96. The molecule has 1 saturated heterocycles. The topological polar surface area (TPSA) is 137 Å². The Morgan fingerprint density at radius 1 is 1.05 bits per heavy atom. The molecule has 5 atom stereocenters. The Bertz CT molecular complexity index is 1280. The minimum Gasteiger partial charge on any atom is -0.346 e. The molecule has 1 heterocycles. The van der Waals surface area contributed by atoms with Crippen molar-refractivity contribution in [3.63, 3.8) is 0 Å². The zero-order valence-electron chi connectivity index (χ0n) is 27.0. The van der Waals surface area contributed by atoms with Crippen LogP contribution in [0.4, 0.5) is 4.79 Å². The highest BCUT2D eigenvalue weighted by atomic mass is 16.2. The first-order valence-electron chi connectivity index (χ1n) is 15.8. The molecule has 3 unspecified atom stereocenters. The van der Waals surface area contributed by atoms with Gasteiger partial charge in [-0.3, -0.25) is 19.2 Å². The number of nitrogens with zero attached hydrogens (tertiary/aromatic N) is 1. The smallest absolute Gasteiger partial charge is 0.315 e. The van der Waals surface area contributed by atoms with Crippen LogP contribution >= 0.6 is 0 Å². The fraction of sp³-hybridized carbons (Fsp3) is 0.618. The number of hydrogen-bond acceptors (Lipinski definition) is 5. The monoisotopic (exact) mass is 607 g/mol. The Hall–Kier alpha value is -3.69. The van der Waals surface area contributed by atoms with Crippen molar-refractivity contribution in [2.75, 3.05) is 19.6 Å². The third-order valence-corrected chi connectivity index (χ3v) is 9.49. The average molecular weight is 608 g/mol. The van der Waals surface area contributed by atoms with Crippen LogP contribution in [0.25, 0.3) is 0 Å². The molecule has 0 spiro atoms. The predicted molar refractivity (Wildman–Crippen MR) is 168 cm³/mol. The molecule has 0 radical (unpaired) electrons. The van der Waals surface area contributed by atoms with Gasteiger partial charge < -0.3 is 26.2 Å². The number of Topliss-reactive ketones (excluding diaryl/α,β-unsaturated/α-hetero) is 1. The molecule has 240 valence electrons. The second-order valence-corrected chi connectivity index (χ2v) is 14.4. The number of nitrogens with one attached hydrogen (secondary N) is 4. The van der Waals surface area contributed by atoms with Crippen LogP contribution in [-0.4, -0.2) is 72.2 Å². The van der Waals surface area contributed by atoms with E-state index in [-0.39, 0.29) is 41.0 Å². The third kappa shape index (κ3) is 7.16. The maximum Gasteiger partial charge on any atom is 0.315 e. The molecular weight excluding hydrogens is 558 g/mol. The first kappa shape index (κ1) is 33.2. The number of carbonyl (C=O) groups excluding carboxylic acids is 5. The van der Waals surface area contributed by atoms with Gasteiger partial charge in [-0.2, -0.15) is 0 Å². The van der Waals surface area contributed by atoms with Gasteiger partial charge in [-0.1, -0.05) is 78.3 Å². The predicted octanol–water partition coefficient (Wildman–Crippen LogP) is 2.75. The summed E-state index contributed by atoms with van der Waals surface area (Å²) in [5.41, 5.74) is 2.02. The number of piperidine rings is 1. The van der Waals surface area contributed by atoms with E-state index in [1.165, 1.54) is 6.08 Å². The van der Waals surface area contributed by atoms with E-state index in [9.17, 15) is 24.0 Å². The molecule has 0 bridgehead atoms. The minimum atomic E-state index is -1.00. The molecule has 44 heavy (non-hydrogen) atoms. The van der Waals surface area contributed by atoms with Crippen LogP contribution in [0.1, 0.15) is 65.5 Å². The average Bonchev–Trinajstić information content (AvgIpc) is 3.34. The molecule has 1 aliphatic heterocycles. The second-order valence-electron chi connectivity index (χ2n) is 14.4. The van der Waals surface area contributed by atoms with E-state index >= 15 is 0 Å². The molecule has 3 aliphatic rings. The minimum absolute atomic E-state index is 0.0884. The molecule has 1 aromatic rings. The van der Waals surface area contributed by atoms with Crippen LogP contribution in [0, 0.1) is 28.6 Å². The summed E-state index contributed by atoms with van der Waals surface area (Å²) in [6, 6.07) is 4.99. The lowest BCUT2D eigenvalue weighted by Gasteiger charge is -2.35. The highest BCUT2D eigenvalue weighted by molar-refractivity contribution is 6.38. The molecule has 1 aromatic carbocycles. The van der Waals surface area contributed by atoms with E-state index in [1.807, 2.05) is 39.8 Å². The Morgan fingerprint density at radius 2 is 1.68 bits per heavy atom. The number of hydrogen-bond donors (Lipinski definition) is 4. The van der Waals surface area contributed by atoms with Crippen molar-refractivity contribution >= 4 is 29.5 Å². The molecule has 10 nitrogen and oxygen atoms in total. The van der Waals surface area contributed by atoms with Crippen LogP contribution in [0.5, 0.6) is 0 Å². The molecule has 0 aromatic heterocycles. The quantitative estimate of drug-likeness (QED) is 0.214.